The summed E-state index contributed by atoms with van der Waals surface area (Å²) in [4.78, 5) is 15.4. The molecule has 0 unspecified atom stereocenters. The molecule has 29 heavy (non-hydrogen) atoms. The van der Waals surface area contributed by atoms with Crippen molar-refractivity contribution in [1.29, 1.82) is 0 Å². The van der Waals surface area contributed by atoms with Crippen molar-refractivity contribution in [3.63, 3.8) is 0 Å². The summed E-state index contributed by atoms with van der Waals surface area (Å²) in [6, 6.07) is 20.5. The van der Waals surface area contributed by atoms with E-state index in [4.69, 9.17) is 4.42 Å². The zero-order chi connectivity index (χ0) is 19.8. The Labute approximate surface area is 170 Å². The minimum Gasteiger partial charge on any atom is -0.467 e. The molecule has 0 spiro atoms. The predicted octanol–water partition coefficient (Wildman–Crippen LogP) is 5.77. The van der Waals surface area contributed by atoms with E-state index in [1.807, 2.05) is 24.3 Å². The van der Waals surface area contributed by atoms with E-state index in [1.165, 1.54) is 11.1 Å². The van der Waals surface area contributed by atoms with Gasteiger partial charge in [0.25, 0.3) is 0 Å². The van der Waals surface area contributed by atoms with Crippen molar-refractivity contribution in [2.24, 2.45) is 0 Å². The molecule has 1 atom stereocenters. The van der Waals surface area contributed by atoms with Crippen molar-refractivity contribution in [2.75, 3.05) is 10.2 Å². The molecule has 4 nitrogen and oxygen atoms in total. The lowest BCUT2D eigenvalue weighted by molar-refractivity contribution is -0.116. The van der Waals surface area contributed by atoms with Crippen LogP contribution in [0.1, 0.15) is 42.2 Å². The molecule has 4 heteroatoms. The lowest BCUT2D eigenvalue weighted by Gasteiger charge is -2.34. The van der Waals surface area contributed by atoms with Gasteiger partial charge in [-0.2, -0.15) is 0 Å². The number of benzene rings is 2. The summed E-state index contributed by atoms with van der Waals surface area (Å²) in [5, 5.41) is 3.58. The van der Waals surface area contributed by atoms with Crippen LogP contribution in [0.4, 0.5) is 11.4 Å². The van der Waals surface area contributed by atoms with Gasteiger partial charge in [-0.25, -0.2) is 0 Å². The fourth-order valence-corrected chi connectivity index (χ4v) is 4.41. The van der Waals surface area contributed by atoms with Gasteiger partial charge in [0.05, 0.1) is 17.6 Å². The lowest BCUT2D eigenvalue weighted by atomic mass is 9.88. The van der Waals surface area contributed by atoms with Crippen LogP contribution in [0.5, 0.6) is 0 Å². The van der Waals surface area contributed by atoms with Gasteiger partial charge in [-0.15, -0.1) is 0 Å². The average Bonchev–Trinajstić information content (AvgIpc) is 3.21. The van der Waals surface area contributed by atoms with Crippen LogP contribution < -0.4 is 10.2 Å². The van der Waals surface area contributed by atoms with E-state index in [-0.39, 0.29) is 11.8 Å². The Hall–Kier alpha value is -3.27. The topological polar surface area (TPSA) is 45.5 Å². The second kappa shape index (κ2) is 7.28. The maximum Gasteiger partial charge on any atom is 0.163 e. The fraction of sp³-hybridized carbons (Fsp3) is 0.240. The number of rotatable bonds is 3. The standard InChI is InChI=1S/C25H24N2O2/c1-17-11-13-18(14-12-17)16-27-21-8-3-2-6-19(21)26-20-7-4-9-22(28)24(20)25(27)23-10-5-15-29-23/h2-3,5-6,8,10-15,25-26H,4,7,9,16H2,1H3/t25-/m1/s1. The number of ketones is 1. The Kier molecular flexibility index (Phi) is 4.47. The number of aryl methyl sites for hydroxylation is 1. The summed E-state index contributed by atoms with van der Waals surface area (Å²) >= 11 is 0. The highest BCUT2D eigenvalue weighted by molar-refractivity contribution is 6.00. The molecule has 2 heterocycles. The Morgan fingerprint density at radius 1 is 1.03 bits per heavy atom. The lowest BCUT2D eigenvalue weighted by Crippen LogP contribution is -2.32. The Morgan fingerprint density at radius 3 is 2.66 bits per heavy atom. The van der Waals surface area contributed by atoms with E-state index in [2.05, 4.69) is 53.5 Å². The molecule has 1 aliphatic heterocycles. The summed E-state index contributed by atoms with van der Waals surface area (Å²) < 4.78 is 5.87. The van der Waals surface area contributed by atoms with Crippen LogP contribution in [0, 0.1) is 6.92 Å². The number of allylic oxidation sites excluding steroid dienone is 1. The van der Waals surface area contributed by atoms with E-state index >= 15 is 0 Å². The molecule has 0 fully saturated rings. The van der Waals surface area contributed by atoms with E-state index in [1.54, 1.807) is 6.26 Å². The molecular formula is C25H24N2O2. The number of carbonyl (C=O) groups excluding carboxylic acids is 1. The van der Waals surface area contributed by atoms with Gasteiger partial charge >= 0.3 is 0 Å². The van der Waals surface area contributed by atoms with E-state index in [9.17, 15) is 4.79 Å². The first-order chi connectivity index (χ1) is 14.2. The van der Waals surface area contributed by atoms with Crippen LogP contribution >= 0.6 is 0 Å². The molecule has 2 aliphatic rings. The quantitative estimate of drug-likeness (QED) is 0.623. The normalized spacial score (nSPS) is 18.7. The number of nitrogens with one attached hydrogen (secondary N) is 1. The summed E-state index contributed by atoms with van der Waals surface area (Å²) in [7, 11) is 0. The molecule has 1 N–H and O–H groups in total. The first-order valence-electron chi connectivity index (χ1n) is 10.2. The van der Waals surface area contributed by atoms with Gasteiger partial charge in [0.2, 0.25) is 0 Å². The van der Waals surface area contributed by atoms with E-state index < -0.39 is 0 Å². The zero-order valence-corrected chi connectivity index (χ0v) is 16.5. The second-order valence-corrected chi connectivity index (χ2v) is 7.84. The summed E-state index contributed by atoms with van der Waals surface area (Å²) in [6.45, 7) is 2.78. The van der Waals surface area contributed by atoms with Crippen molar-refractivity contribution < 1.29 is 9.21 Å². The number of nitrogens with zero attached hydrogens (tertiary/aromatic N) is 1. The highest BCUT2D eigenvalue weighted by Gasteiger charge is 2.38. The monoisotopic (exact) mass is 384 g/mol. The predicted molar refractivity (Wildman–Crippen MR) is 115 cm³/mol. The molecule has 5 rings (SSSR count). The van der Waals surface area contributed by atoms with Crippen LogP contribution in [-0.4, -0.2) is 5.78 Å². The zero-order valence-electron chi connectivity index (χ0n) is 16.5. The van der Waals surface area contributed by atoms with Gasteiger partial charge < -0.3 is 14.6 Å². The fourth-order valence-electron chi connectivity index (χ4n) is 4.41. The Bertz CT molecular complexity index is 1060. The first kappa shape index (κ1) is 17.8. The molecular weight excluding hydrogens is 360 g/mol. The maximum absolute atomic E-state index is 13.1. The van der Waals surface area contributed by atoms with Gasteiger partial charge in [0.15, 0.2) is 5.78 Å². The maximum atomic E-state index is 13.1. The van der Waals surface area contributed by atoms with Crippen molar-refractivity contribution in [3.8, 4) is 0 Å². The second-order valence-electron chi connectivity index (χ2n) is 7.84. The van der Waals surface area contributed by atoms with Crippen molar-refractivity contribution in [3.05, 3.63) is 95.1 Å². The third-order valence-electron chi connectivity index (χ3n) is 5.83. The molecule has 0 bridgehead atoms. The number of para-hydroxylation sites is 2. The largest absolute Gasteiger partial charge is 0.467 e. The molecule has 0 radical (unpaired) electrons. The van der Waals surface area contributed by atoms with Gasteiger partial charge in [-0.3, -0.25) is 4.79 Å². The molecule has 0 saturated heterocycles. The van der Waals surface area contributed by atoms with Crippen LogP contribution in [-0.2, 0) is 11.3 Å². The first-order valence-corrected chi connectivity index (χ1v) is 10.2. The highest BCUT2D eigenvalue weighted by atomic mass is 16.3. The number of hydrogen-bond acceptors (Lipinski definition) is 4. The Morgan fingerprint density at radius 2 is 1.86 bits per heavy atom. The highest BCUT2D eigenvalue weighted by Crippen LogP contribution is 2.45. The average molecular weight is 384 g/mol. The van der Waals surface area contributed by atoms with Crippen LogP contribution in [0.3, 0.4) is 0 Å². The van der Waals surface area contributed by atoms with E-state index in [0.717, 1.165) is 41.2 Å². The van der Waals surface area contributed by atoms with Crippen molar-refractivity contribution in [2.45, 2.75) is 38.8 Å². The van der Waals surface area contributed by atoms with Gasteiger partial charge in [-0.05, 0) is 49.6 Å². The number of Topliss-reactive ketones (excluding diaryl/α,β-unsaturated/α-hetero) is 1. The minimum absolute atomic E-state index is 0.210. The molecule has 0 amide bonds. The van der Waals surface area contributed by atoms with Gasteiger partial charge in [0, 0.05) is 24.2 Å². The minimum atomic E-state index is -0.245. The van der Waals surface area contributed by atoms with E-state index in [0.29, 0.717) is 13.0 Å². The van der Waals surface area contributed by atoms with Gasteiger partial charge in [0.1, 0.15) is 11.8 Å². The van der Waals surface area contributed by atoms with Crippen LogP contribution in [0.15, 0.2) is 82.6 Å². The molecule has 1 aliphatic carbocycles. The number of hydrogen-bond donors (Lipinski definition) is 1. The van der Waals surface area contributed by atoms with Crippen molar-refractivity contribution >= 4 is 17.2 Å². The number of furan rings is 1. The molecule has 146 valence electrons. The summed E-state index contributed by atoms with van der Waals surface area (Å²) in [5.41, 5.74) is 6.43. The van der Waals surface area contributed by atoms with Crippen LogP contribution in [0.25, 0.3) is 0 Å². The molecule has 0 saturated carbocycles. The number of fused-ring (bicyclic) bond motifs is 1. The smallest absolute Gasteiger partial charge is 0.163 e. The molecule has 2 aromatic carbocycles. The molecule has 3 aromatic rings. The summed E-state index contributed by atoms with van der Waals surface area (Å²) in [5.74, 6) is 1.01. The third-order valence-corrected chi connectivity index (χ3v) is 5.83. The van der Waals surface area contributed by atoms with Gasteiger partial charge in [-0.1, -0.05) is 42.0 Å². The number of anilines is 2. The third kappa shape index (κ3) is 3.25. The Balaban J connectivity index is 1.70. The molecule has 1 aromatic heterocycles. The SMILES string of the molecule is Cc1ccc(CN2c3ccccc3NC3=C(C(=O)CCC3)[C@H]2c2ccco2)cc1. The number of carbonyl (C=O) groups is 1. The van der Waals surface area contributed by atoms with Crippen molar-refractivity contribution in [1.82, 2.24) is 0 Å². The summed E-state index contributed by atoms with van der Waals surface area (Å²) in [6.07, 6.45) is 4.05. The van der Waals surface area contributed by atoms with Crippen LogP contribution in [0.2, 0.25) is 0 Å².